The average Bonchev–Trinajstić information content (AvgIpc) is 2.33. The molecule has 1 rings (SSSR count). The lowest BCUT2D eigenvalue weighted by atomic mass is 10.5. The second-order valence-corrected chi connectivity index (χ2v) is 1.66. The molecule has 0 amide bonds. The summed E-state index contributed by atoms with van der Waals surface area (Å²) in [5, 5.41) is 20.5. The van der Waals surface area contributed by atoms with E-state index in [1.807, 2.05) is 0 Å². The lowest BCUT2D eigenvalue weighted by Crippen LogP contribution is -2.10. The Morgan fingerprint density at radius 3 is 2.73 bits per heavy atom. The molecular weight excluding hydrogens is 154 g/mol. The third-order valence-electron chi connectivity index (χ3n) is 0.962. The van der Waals surface area contributed by atoms with Crippen LogP contribution in [0, 0.1) is 10.1 Å². The molecule has 1 aromatic rings. The number of carbonyl (C=O) groups is 1. The van der Waals surface area contributed by atoms with Crippen LogP contribution >= 0.6 is 0 Å². The van der Waals surface area contributed by atoms with E-state index >= 15 is 0 Å². The molecule has 0 radical (unpaired) electrons. The van der Waals surface area contributed by atoms with E-state index in [1.165, 1.54) is 0 Å². The van der Waals surface area contributed by atoms with Gasteiger partial charge in [-0.15, -0.1) is 0 Å². The van der Waals surface area contributed by atoms with Crippen LogP contribution in [0.4, 0.5) is 0 Å². The first kappa shape index (κ1) is 7.19. The summed E-state index contributed by atoms with van der Waals surface area (Å²) in [6.07, 6.45) is 0.962. The summed E-state index contributed by atoms with van der Waals surface area (Å²) in [6.45, 7) is 0. The zero-order valence-corrected chi connectivity index (χ0v) is 5.17. The molecule has 58 valence electrons. The van der Waals surface area contributed by atoms with Gasteiger partial charge < -0.3 is 15.2 Å². The van der Waals surface area contributed by atoms with Crippen LogP contribution < -0.4 is 0 Å². The first-order chi connectivity index (χ1) is 5.11. The van der Waals surface area contributed by atoms with Crippen molar-refractivity contribution in [2.75, 3.05) is 0 Å². The highest BCUT2D eigenvalue weighted by Gasteiger charge is 2.15. The molecule has 0 aliphatic carbocycles. The van der Waals surface area contributed by atoms with E-state index in [4.69, 9.17) is 5.11 Å². The van der Waals surface area contributed by atoms with E-state index < -0.39 is 11.0 Å². The predicted octanol–water partition coefficient (Wildman–Crippen LogP) is -0.379. The van der Waals surface area contributed by atoms with Gasteiger partial charge in [-0.05, 0) is 0 Å². The molecular formula is C4H3N3O4. The van der Waals surface area contributed by atoms with Crippen LogP contribution in [0.5, 0.6) is 0 Å². The molecule has 1 N–H and O–H groups in total. The number of aromatic carboxylic acids is 1. The highest BCUT2D eigenvalue weighted by atomic mass is 16.7. The number of aromatic nitrogens is 2. The molecule has 7 heteroatoms. The molecule has 11 heavy (non-hydrogen) atoms. The minimum absolute atomic E-state index is 0.337. The zero-order chi connectivity index (χ0) is 8.43. The van der Waals surface area contributed by atoms with Gasteiger partial charge in [0.05, 0.1) is 10.1 Å². The first-order valence-electron chi connectivity index (χ1n) is 2.55. The highest BCUT2D eigenvalue weighted by molar-refractivity contribution is 5.84. The van der Waals surface area contributed by atoms with E-state index in [0.29, 0.717) is 4.79 Å². The lowest BCUT2D eigenvalue weighted by molar-refractivity contribution is -0.552. The molecule has 0 bridgehead atoms. The van der Waals surface area contributed by atoms with Gasteiger partial charge in [0, 0.05) is 10.9 Å². The second-order valence-electron chi connectivity index (χ2n) is 1.66. The molecule has 7 nitrogen and oxygen atoms in total. The summed E-state index contributed by atoms with van der Waals surface area (Å²) in [4.78, 5) is 20.4. The Morgan fingerprint density at radius 1 is 1.82 bits per heavy atom. The van der Waals surface area contributed by atoms with Crippen molar-refractivity contribution < 1.29 is 14.9 Å². The van der Waals surface area contributed by atoms with Crippen LogP contribution in [0.2, 0.25) is 0 Å². The third kappa shape index (κ3) is 1.31. The molecule has 0 aliphatic heterocycles. The van der Waals surface area contributed by atoms with Crippen molar-refractivity contribution in [3.05, 3.63) is 28.1 Å². The van der Waals surface area contributed by atoms with E-state index in [1.54, 1.807) is 0 Å². The Bertz CT molecular complexity index is 276. The Kier molecular flexibility index (Phi) is 1.55. The number of rotatable bonds is 2. The zero-order valence-electron chi connectivity index (χ0n) is 5.17. The van der Waals surface area contributed by atoms with Crippen molar-refractivity contribution >= 4 is 5.97 Å². The summed E-state index contributed by atoms with van der Waals surface area (Å²) < 4.78 is 0. The maximum absolute atomic E-state index is 10.1. The summed E-state index contributed by atoms with van der Waals surface area (Å²) in [7, 11) is 0. The number of nitrogens with zero attached hydrogens (tertiary/aromatic N) is 3. The molecule has 0 spiro atoms. The normalized spacial score (nSPS) is 9.45. The Balaban J connectivity index is 2.99. The van der Waals surface area contributed by atoms with E-state index in [2.05, 4.69) is 5.10 Å². The summed E-state index contributed by atoms with van der Waals surface area (Å²) >= 11 is 0. The van der Waals surface area contributed by atoms with Crippen molar-refractivity contribution in [2.24, 2.45) is 0 Å². The van der Waals surface area contributed by atoms with Crippen molar-refractivity contribution in [3.63, 3.8) is 0 Å². The van der Waals surface area contributed by atoms with Crippen LogP contribution in [-0.2, 0) is 0 Å². The SMILES string of the molecule is O=C(O)c1ccn([N+](=O)[O-])n1. The number of carboxylic acid groups (broad SMARTS) is 1. The number of hydrogen-bond acceptors (Lipinski definition) is 4. The Labute approximate surface area is 60.0 Å². The number of carboxylic acids is 1. The lowest BCUT2D eigenvalue weighted by Gasteiger charge is -1.86. The van der Waals surface area contributed by atoms with Gasteiger partial charge in [0.2, 0.25) is 0 Å². The van der Waals surface area contributed by atoms with E-state index in [0.717, 1.165) is 12.3 Å². The Hall–Kier alpha value is -1.92. The second kappa shape index (κ2) is 2.37. The van der Waals surface area contributed by atoms with Crippen molar-refractivity contribution in [3.8, 4) is 0 Å². The standard InChI is InChI=1S/C4H3N3O4/c8-4(9)3-1-2-6(5-3)7(10)11/h1-2H,(H,8,9). The van der Waals surface area contributed by atoms with Crippen molar-refractivity contribution in [1.82, 2.24) is 9.89 Å². The fourth-order valence-electron chi connectivity index (χ4n) is 0.519. The smallest absolute Gasteiger partial charge is 0.383 e. The van der Waals surface area contributed by atoms with Gasteiger partial charge in [-0.2, -0.15) is 0 Å². The quantitative estimate of drug-likeness (QED) is 0.466. The van der Waals surface area contributed by atoms with E-state index in [9.17, 15) is 14.9 Å². The molecule has 0 saturated heterocycles. The van der Waals surface area contributed by atoms with Crippen LogP contribution in [0.15, 0.2) is 12.3 Å². The molecule has 0 atom stereocenters. The average molecular weight is 157 g/mol. The maximum Gasteiger partial charge on any atom is 0.383 e. The van der Waals surface area contributed by atoms with Gasteiger partial charge in [0.25, 0.3) is 5.69 Å². The van der Waals surface area contributed by atoms with Gasteiger partial charge in [-0.1, -0.05) is 0 Å². The predicted molar refractivity (Wildman–Crippen MR) is 31.6 cm³/mol. The number of hydrogen-bond donors (Lipinski definition) is 1. The van der Waals surface area contributed by atoms with Crippen LogP contribution in [0.25, 0.3) is 0 Å². The van der Waals surface area contributed by atoms with Crippen molar-refractivity contribution in [2.45, 2.75) is 0 Å². The van der Waals surface area contributed by atoms with Gasteiger partial charge in [-0.3, -0.25) is 0 Å². The largest absolute Gasteiger partial charge is 0.475 e. The van der Waals surface area contributed by atoms with Crippen LogP contribution in [0.1, 0.15) is 10.5 Å². The topological polar surface area (TPSA) is 98.3 Å². The molecule has 0 unspecified atom stereocenters. The maximum atomic E-state index is 10.1. The summed E-state index contributed by atoms with van der Waals surface area (Å²) in [6, 6.07) is 1.05. The molecule has 0 fully saturated rings. The Morgan fingerprint density at radius 2 is 2.45 bits per heavy atom. The number of nitro groups is 1. The van der Waals surface area contributed by atoms with Gasteiger partial charge >= 0.3 is 5.97 Å². The fourth-order valence-corrected chi connectivity index (χ4v) is 0.519. The van der Waals surface area contributed by atoms with Gasteiger partial charge in [-0.25, -0.2) is 4.79 Å². The molecule has 0 aliphatic rings. The van der Waals surface area contributed by atoms with Crippen LogP contribution in [-0.4, -0.2) is 26.0 Å². The molecule has 0 saturated carbocycles. The highest BCUT2D eigenvalue weighted by Crippen LogP contribution is 1.93. The van der Waals surface area contributed by atoms with E-state index in [-0.39, 0.29) is 5.69 Å². The molecule has 1 aromatic heterocycles. The first-order valence-corrected chi connectivity index (χ1v) is 2.55. The van der Waals surface area contributed by atoms with Crippen LogP contribution in [0.3, 0.4) is 0 Å². The minimum atomic E-state index is -1.29. The molecule has 1 heterocycles. The van der Waals surface area contributed by atoms with Gasteiger partial charge in [0.1, 0.15) is 6.20 Å². The summed E-state index contributed by atoms with van der Waals surface area (Å²) in [5.74, 6) is -1.29. The molecule has 0 aromatic carbocycles. The minimum Gasteiger partial charge on any atom is -0.475 e. The fraction of sp³-hybridized carbons (Fsp3) is 0. The summed E-state index contributed by atoms with van der Waals surface area (Å²) in [5.41, 5.74) is -0.346. The third-order valence-corrected chi connectivity index (χ3v) is 0.962. The van der Waals surface area contributed by atoms with Gasteiger partial charge in [0.15, 0.2) is 0 Å². The van der Waals surface area contributed by atoms with Crippen molar-refractivity contribution in [1.29, 1.82) is 0 Å². The monoisotopic (exact) mass is 157 g/mol.